The molecule has 2 aromatic heterocycles. The van der Waals surface area contributed by atoms with Crippen LogP contribution < -0.4 is 10.9 Å². The van der Waals surface area contributed by atoms with Gasteiger partial charge >= 0.3 is 0 Å². The zero-order valence-electron chi connectivity index (χ0n) is 15.7. The van der Waals surface area contributed by atoms with Gasteiger partial charge in [-0.05, 0) is 42.8 Å². The summed E-state index contributed by atoms with van der Waals surface area (Å²) in [6.45, 7) is 2.04. The SMILES string of the molecule is Cc1cccc2c(=O)n(CC(=O)NCc3ccc(-c4ccc(Br)cc4)o3)cnc12. The Kier molecular flexibility index (Phi) is 5.31. The highest BCUT2D eigenvalue weighted by Gasteiger charge is 2.10. The summed E-state index contributed by atoms with van der Waals surface area (Å²) < 4.78 is 8.10. The van der Waals surface area contributed by atoms with Crippen LogP contribution in [0.4, 0.5) is 0 Å². The molecule has 0 bridgehead atoms. The number of fused-ring (bicyclic) bond motifs is 1. The lowest BCUT2D eigenvalue weighted by Crippen LogP contribution is -2.32. The van der Waals surface area contributed by atoms with E-state index in [4.69, 9.17) is 4.42 Å². The van der Waals surface area contributed by atoms with Crippen molar-refractivity contribution in [1.29, 1.82) is 0 Å². The van der Waals surface area contributed by atoms with Crippen molar-refractivity contribution in [2.75, 3.05) is 0 Å². The number of aromatic nitrogens is 2. The quantitative estimate of drug-likeness (QED) is 0.496. The van der Waals surface area contributed by atoms with Crippen LogP contribution in [0.5, 0.6) is 0 Å². The van der Waals surface area contributed by atoms with Gasteiger partial charge in [0.15, 0.2) is 0 Å². The Balaban J connectivity index is 1.42. The van der Waals surface area contributed by atoms with Crippen LogP contribution in [0.1, 0.15) is 11.3 Å². The Labute approximate surface area is 175 Å². The van der Waals surface area contributed by atoms with Gasteiger partial charge in [-0.1, -0.05) is 40.2 Å². The van der Waals surface area contributed by atoms with Crippen molar-refractivity contribution in [3.05, 3.63) is 87.1 Å². The highest BCUT2D eigenvalue weighted by molar-refractivity contribution is 9.10. The predicted molar refractivity (Wildman–Crippen MR) is 114 cm³/mol. The van der Waals surface area contributed by atoms with Gasteiger partial charge in [-0.3, -0.25) is 14.2 Å². The van der Waals surface area contributed by atoms with Crippen molar-refractivity contribution in [3.63, 3.8) is 0 Å². The second kappa shape index (κ2) is 8.05. The Bertz CT molecular complexity index is 1240. The van der Waals surface area contributed by atoms with Crippen LogP contribution in [-0.2, 0) is 17.9 Å². The molecule has 0 aliphatic rings. The fraction of sp³-hybridized carbons (Fsp3) is 0.136. The van der Waals surface area contributed by atoms with Gasteiger partial charge in [-0.15, -0.1) is 0 Å². The Morgan fingerprint density at radius 2 is 1.93 bits per heavy atom. The maximum absolute atomic E-state index is 12.6. The fourth-order valence-electron chi connectivity index (χ4n) is 3.09. The van der Waals surface area contributed by atoms with E-state index in [0.717, 1.165) is 21.4 Å². The molecule has 0 saturated carbocycles. The van der Waals surface area contributed by atoms with Gasteiger partial charge in [0, 0.05) is 10.0 Å². The Morgan fingerprint density at radius 3 is 2.72 bits per heavy atom. The zero-order valence-corrected chi connectivity index (χ0v) is 17.3. The molecule has 1 N–H and O–H groups in total. The number of carbonyl (C=O) groups excluding carboxylic acids is 1. The molecule has 0 spiro atoms. The average Bonchev–Trinajstić information content (AvgIpc) is 3.19. The van der Waals surface area contributed by atoms with Gasteiger partial charge in [0.25, 0.3) is 5.56 Å². The van der Waals surface area contributed by atoms with Crippen molar-refractivity contribution in [2.45, 2.75) is 20.0 Å². The van der Waals surface area contributed by atoms with Crippen LogP contribution in [0.2, 0.25) is 0 Å². The molecule has 4 rings (SSSR count). The van der Waals surface area contributed by atoms with Crippen LogP contribution in [0.3, 0.4) is 0 Å². The molecule has 146 valence electrons. The van der Waals surface area contributed by atoms with E-state index in [9.17, 15) is 9.59 Å². The molecule has 6 nitrogen and oxygen atoms in total. The van der Waals surface area contributed by atoms with E-state index in [1.54, 1.807) is 6.07 Å². The zero-order chi connectivity index (χ0) is 20.4. The molecule has 2 heterocycles. The molecule has 0 unspecified atom stereocenters. The van der Waals surface area contributed by atoms with Crippen molar-refractivity contribution in [1.82, 2.24) is 14.9 Å². The first-order chi connectivity index (χ1) is 14.0. The number of nitrogens with zero attached hydrogens (tertiary/aromatic N) is 2. The maximum atomic E-state index is 12.6. The van der Waals surface area contributed by atoms with Crippen molar-refractivity contribution < 1.29 is 9.21 Å². The molecule has 0 fully saturated rings. The molecule has 1 amide bonds. The highest BCUT2D eigenvalue weighted by atomic mass is 79.9. The van der Waals surface area contributed by atoms with E-state index >= 15 is 0 Å². The van der Waals surface area contributed by atoms with Gasteiger partial charge in [0.05, 0.1) is 23.8 Å². The third kappa shape index (κ3) is 4.14. The highest BCUT2D eigenvalue weighted by Crippen LogP contribution is 2.23. The van der Waals surface area contributed by atoms with E-state index in [0.29, 0.717) is 16.7 Å². The monoisotopic (exact) mass is 451 g/mol. The summed E-state index contributed by atoms with van der Waals surface area (Å²) in [7, 11) is 0. The summed E-state index contributed by atoms with van der Waals surface area (Å²) in [5.74, 6) is 1.07. The second-order valence-electron chi connectivity index (χ2n) is 6.70. The van der Waals surface area contributed by atoms with Gasteiger partial charge in [0.2, 0.25) is 5.91 Å². The van der Waals surface area contributed by atoms with E-state index < -0.39 is 0 Å². The van der Waals surface area contributed by atoms with E-state index in [-0.39, 0.29) is 24.6 Å². The molecule has 0 aliphatic heterocycles. The third-order valence-electron chi connectivity index (χ3n) is 4.62. The smallest absolute Gasteiger partial charge is 0.261 e. The third-order valence-corrected chi connectivity index (χ3v) is 5.15. The largest absolute Gasteiger partial charge is 0.459 e. The van der Waals surface area contributed by atoms with Gasteiger partial charge < -0.3 is 9.73 Å². The number of benzene rings is 2. The summed E-state index contributed by atoms with van der Waals surface area (Å²) in [4.78, 5) is 29.2. The lowest BCUT2D eigenvalue weighted by molar-refractivity contribution is -0.121. The minimum absolute atomic E-state index is 0.101. The van der Waals surface area contributed by atoms with Crippen molar-refractivity contribution in [3.8, 4) is 11.3 Å². The molecule has 0 aliphatic carbocycles. The molecular weight excluding hydrogens is 434 g/mol. The second-order valence-corrected chi connectivity index (χ2v) is 7.61. The number of para-hydroxylation sites is 1. The number of nitrogens with one attached hydrogen (secondary N) is 1. The Morgan fingerprint density at radius 1 is 1.14 bits per heavy atom. The number of rotatable bonds is 5. The first-order valence-corrected chi connectivity index (χ1v) is 9.87. The lowest BCUT2D eigenvalue weighted by atomic mass is 10.1. The number of carbonyl (C=O) groups is 1. The van der Waals surface area contributed by atoms with Gasteiger partial charge in [-0.25, -0.2) is 4.98 Å². The standard InChI is InChI=1S/C22H18BrN3O3/c1-14-3-2-4-18-21(14)25-13-26(22(18)28)12-20(27)24-11-17-9-10-19(29-17)15-5-7-16(23)8-6-15/h2-10,13H,11-12H2,1H3,(H,24,27). The molecule has 0 saturated heterocycles. The molecule has 0 atom stereocenters. The van der Waals surface area contributed by atoms with Crippen LogP contribution >= 0.6 is 15.9 Å². The molecule has 7 heteroatoms. The minimum atomic E-state index is -0.289. The average molecular weight is 452 g/mol. The van der Waals surface area contributed by atoms with Crippen LogP contribution in [0.15, 0.2) is 74.6 Å². The van der Waals surface area contributed by atoms with Crippen LogP contribution in [-0.4, -0.2) is 15.5 Å². The fourth-order valence-corrected chi connectivity index (χ4v) is 3.35. The lowest BCUT2D eigenvalue weighted by Gasteiger charge is -2.08. The van der Waals surface area contributed by atoms with E-state index in [2.05, 4.69) is 26.2 Å². The van der Waals surface area contributed by atoms with Crippen LogP contribution in [0, 0.1) is 6.92 Å². The van der Waals surface area contributed by atoms with Gasteiger partial charge in [0.1, 0.15) is 18.1 Å². The minimum Gasteiger partial charge on any atom is -0.459 e. The number of hydrogen-bond donors (Lipinski definition) is 1. The van der Waals surface area contributed by atoms with Crippen LogP contribution in [0.25, 0.3) is 22.2 Å². The number of hydrogen-bond acceptors (Lipinski definition) is 4. The van der Waals surface area contributed by atoms with Crippen molar-refractivity contribution >= 4 is 32.7 Å². The van der Waals surface area contributed by atoms with Crippen molar-refractivity contribution in [2.24, 2.45) is 0 Å². The summed E-state index contributed by atoms with van der Waals surface area (Å²) in [6, 6.07) is 16.9. The molecule has 2 aromatic carbocycles. The normalized spacial score (nSPS) is 11.0. The summed E-state index contributed by atoms with van der Waals surface area (Å²) in [5, 5.41) is 3.29. The number of halogens is 1. The predicted octanol–water partition coefficient (Wildman–Crippen LogP) is 4.04. The molecule has 4 aromatic rings. The summed E-state index contributed by atoms with van der Waals surface area (Å²) >= 11 is 3.41. The first-order valence-electron chi connectivity index (χ1n) is 9.07. The molecular formula is C22H18BrN3O3. The van der Waals surface area contributed by atoms with Gasteiger partial charge in [-0.2, -0.15) is 0 Å². The molecule has 29 heavy (non-hydrogen) atoms. The maximum Gasteiger partial charge on any atom is 0.261 e. The first kappa shape index (κ1) is 19.1. The summed E-state index contributed by atoms with van der Waals surface area (Å²) in [5.41, 5.74) is 2.31. The molecule has 0 radical (unpaired) electrons. The number of aryl methyl sites for hydroxylation is 1. The topological polar surface area (TPSA) is 77.1 Å². The van der Waals surface area contributed by atoms with E-state index in [1.807, 2.05) is 55.5 Å². The number of furan rings is 1. The summed E-state index contributed by atoms with van der Waals surface area (Å²) in [6.07, 6.45) is 1.41. The Hall–Kier alpha value is -3.19. The number of amides is 1. The van der Waals surface area contributed by atoms with E-state index in [1.165, 1.54) is 10.9 Å².